The number of carbonyl (C=O) groups is 1. The van der Waals surface area contributed by atoms with Gasteiger partial charge in [-0.25, -0.2) is 4.98 Å². The maximum atomic E-state index is 12.4. The van der Waals surface area contributed by atoms with Crippen molar-refractivity contribution in [1.82, 2.24) is 19.3 Å². The minimum absolute atomic E-state index is 0.00934. The van der Waals surface area contributed by atoms with Gasteiger partial charge in [0.1, 0.15) is 5.82 Å². The van der Waals surface area contributed by atoms with Crippen LogP contribution in [0.4, 0.5) is 5.82 Å². The molecule has 7 heteroatoms. The second-order valence-electron chi connectivity index (χ2n) is 5.76. The van der Waals surface area contributed by atoms with Gasteiger partial charge in [0.25, 0.3) is 0 Å². The van der Waals surface area contributed by atoms with E-state index >= 15 is 0 Å². The van der Waals surface area contributed by atoms with E-state index in [1.165, 1.54) is 0 Å². The van der Waals surface area contributed by atoms with Gasteiger partial charge in [0.15, 0.2) is 0 Å². The fourth-order valence-corrected chi connectivity index (χ4v) is 3.64. The Bertz CT molecular complexity index is 947. The van der Waals surface area contributed by atoms with Crippen LogP contribution in [-0.2, 0) is 11.8 Å². The Morgan fingerprint density at radius 2 is 2.21 bits per heavy atom. The Morgan fingerprint density at radius 3 is 2.96 bits per heavy atom. The van der Waals surface area contributed by atoms with E-state index in [-0.39, 0.29) is 11.2 Å². The zero-order chi connectivity index (χ0) is 16.7. The highest BCUT2D eigenvalue weighted by Crippen LogP contribution is 2.26. The highest BCUT2D eigenvalue weighted by Gasteiger charge is 2.23. The number of allylic oxidation sites excluding steroid dienone is 1. The lowest BCUT2D eigenvalue weighted by Gasteiger charge is -2.11. The molecule has 6 nitrogen and oxygen atoms in total. The van der Waals surface area contributed by atoms with E-state index in [9.17, 15) is 4.79 Å². The van der Waals surface area contributed by atoms with E-state index in [1.807, 2.05) is 60.4 Å². The molecular weight excluding hydrogens is 322 g/mol. The van der Waals surface area contributed by atoms with E-state index in [0.29, 0.717) is 11.8 Å². The van der Waals surface area contributed by atoms with Crippen LogP contribution in [-0.4, -0.2) is 30.5 Å². The van der Waals surface area contributed by atoms with Gasteiger partial charge in [-0.05, 0) is 30.9 Å². The first-order chi connectivity index (χ1) is 11.6. The standard InChI is InChI=1S/C17H17N5OS/c1-11-10-15(19-16(23)14-8-5-9-24-14)22(20-11)17-18-12-6-3-4-7-13(12)21(17)2/h3-7,9-10,14H,8H2,1-2H3,(H,19,23). The number of amides is 1. The molecule has 0 saturated heterocycles. The quantitative estimate of drug-likeness (QED) is 0.797. The van der Waals surface area contributed by atoms with E-state index in [1.54, 1.807) is 16.4 Å². The minimum atomic E-state index is -0.0749. The number of hydrogen-bond acceptors (Lipinski definition) is 4. The lowest BCUT2D eigenvalue weighted by Crippen LogP contribution is -2.24. The Balaban J connectivity index is 1.72. The molecular formula is C17H17N5OS. The third-order valence-electron chi connectivity index (χ3n) is 4.02. The molecule has 0 saturated carbocycles. The van der Waals surface area contributed by atoms with Crippen LogP contribution >= 0.6 is 11.8 Å². The minimum Gasteiger partial charge on any atom is -0.311 e. The number of nitrogens with one attached hydrogen (secondary N) is 1. The molecule has 2 aromatic heterocycles. The first kappa shape index (κ1) is 15.0. The number of carbonyl (C=O) groups excluding carboxylic acids is 1. The molecule has 24 heavy (non-hydrogen) atoms. The summed E-state index contributed by atoms with van der Waals surface area (Å²) in [5.41, 5.74) is 2.75. The van der Waals surface area contributed by atoms with Crippen molar-refractivity contribution in [2.45, 2.75) is 18.6 Å². The Kier molecular flexibility index (Phi) is 3.65. The molecule has 3 aromatic rings. The van der Waals surface area contributed by atoms with Gasteiger partial charge >= 0.3 is 0 Å². The Morgan fingerprint density at radius 1 is 1.38 bits per heavy atom. The molecule has 4 rings (SSSR count). The van der Waals surface area contributed by atoms with Crippen molar-refractivity contribution in [1.29, 1.82) is 0 Å². The summed E-state index contributed by atoms with van der Waals surface area (Å²) in [5, 5.41) is 9.40. The maximum absolute atomic E-state index is 12.4. The molecule has 1 atom stereocenters. The average molecular weight is 339 g/mol. The first-order valence-corrected chi connectivity index (χ1v) is 8.67. The Labute approximate surface area is 143 Å². The van der Waals surface area contributed by atoms with E-state index in [4.69, 9.17) is 0 Å². The normalized spacial score (nSPS) is 16.8. The number of nitrogens with zero attached hydrogens (tertiary/aromatic N) is 4. The van der Waals surface area contributed by atoms with Gasteiger partial charge in [-0.3, -0.25) is 4.79 Å². The van der Waals surface area contributed by atoms with Gasteiger partial charge < -0.3 is 9.88 Å². The average Bonchev–Trinajstić information content (AvgIpc) is 3.28. The summed E-state index contributed by atoms with van der Waals surface area (Å²) >= 11 is 1.54. The summed E-state index contributed by atoms with van der Waals surface area (Å²) in [6, 6.07) is 9.79. The molecule has 0 spiro atoms. The van der Waals surface area contributed by atoms with Crippen LogP contribution in [0.1, 0.15) is 12.1 Å². The van der Waals surface area contributed by atoms with Crippen LogP contribution in [0.2, 0.25) is 0 Å². The zero-order valence-corrected chi connectivity index (χ0v) is 14.2. The number of fused-ring (bicyclic) bond motifs is 1. The van der Waals surface area contributed by atoms with Gasteiger partial charge in [-0.2, -0.15) is 9.78 Å². The third-order valence-corrected chi connectivity index (χ3v) is 5.10. The van der Waals surface area contributed by atoms with Gasteiger partial charge in [0.05, 0.1) is 22.0 Å². The molecule has 0 fully saturated rings. The number of benzene rings is 1. The number of aromatic nitrogens is 4. The monoisotopic (exact) mass is 339 g/mol. The van der Waals surface area contributed by atoms with Crippen LogP contribution in [0.25, 0.3) is 17.0 Å². The van der Waals surface area contributed by atoms with Crippen LogP contribution in [0, 0.1) is 6.92 Å². The fourth-order valence-electron chi connectivity index (χ4n) is 2.82. The van der Waals surface area contributed by atoms with Crippen molar-refractivity contribution < 1.29 is 4.79 Å². The maximum Gasteiger partial charge on any atom is 0.239 e. The Hall–Kier alpha value is -2.54. The number of anilines is 1. The largest absolute Gasteiger partial charge is 0.311 e. The molecule has 1 unspecified atom stereocenters. The zero-order valence-electron chi connectivity index (χ0n) is 13.4. The van der Waals surface area contributed by atoms with Crippen LogP contribution in [0.5, 0.6) is 0 Å². The summed E-state index contributed by atoms with van der Waals surface area (Å²) in [6.07, 6.45) is 2.78. The van der Waals surface area contributed by atoms with E-state index in [0.717, 1.165) is 23.1 Å². The SMILES string of the molecule is Cc1cc(NC(=O)C2CC=CS2)n(-c2nc3ccccc3n2C)n1. The summed E-state index contributed by atoms with van der Waals surface area (Å²) < 4.78 is 3.67. The van der Waals surface area contributed by atoms with Crippen molar-refractivity contribution in [2.75, 3.05) is 5.32 Å². The predicted molar refractivity (Wildman–Crippen MR) is 96.3 cm³/mol. The first-order valence-electron chi connectivity index (χ1n) is 7.73. The van der Waals surface area contributed by atoms with Crippen molar-refractivity contribution in [3.05, 3.63) is 47.5 Å². The smallest absolute Gasteiger partial charge is 0.239 e. The summed E-state index contributed by atoms with van der Waals surface area (Å²) in [5.74, 6) is 1.31. The molecule has 0 bridgehead atoms. The van der Waals surface area contributed by atoms with Crippen molar-refractivity contribution in [3.63, 3.8) is 0 Å². The molecule has 1 aromatic carbocycles. The fraction of sp³-hybridized carbons (Fsp3) is 0.235. The third kappa shape index (κ3) is 2.50. The van der Waals surface area contributed by atoms with Gasteiger partial charge in [0.2, 0.25) is 11.9 Å². The van der Waals surface area contributed by atoms with Gasteiger partial charge in [-0.15, -0.1) is 11.8 Å². The number of para-hydroxylation sites is 2. The second-order valence-corrected chi connectivity index (χ2v) is 6.88. The molecule has 1 aliphatic heterocycles. The van der Waals surface area contributed by atoms with Crippen LogP contribution in [0.3, 0.4) is 0 Å². The van der Waals surface area contributed by atoms with Gasteiger partial charge in [-0.1, -0.05) is 18.2 Å². The van der Waals surface area contributed by atoms with Crippen LogP contribution < -0.4 is 5.32 Å². The molecule has 0 radical (unpaired) electrons. The highest BCUT2D eigenvalue weighted by molar-refractivity contribution is 8.03. The number of thioether (sulfide) groups is 1. The van der Waals surface area contributed by atoms with E-state index < -0.39 is 0 Å². The second kappa shape index (κ2) is 5.83. The molecule has 1 aliphatic rings. The van der Waals surface area contributed by atoms with Crippen molar-refractivity contribution >= 4 is 34.5 Å². The predicted octanol–water partition coefficient (Wildman–Crippen LogP) is 3.03. The summed E-state index contributed by atoms with van der Waals surface area (Å²) in [4.78, 5) is 17.1. The molecule has 0 aliphatic carbocycles. The molecule has 122 valence electrons. The number of imidazole rings is 1. The molecule has 1 N–H and O–H groups in total. The number of rotatable bonds is 3. The number of aryl methyl sites for hydroxylation is 2. The lowest BCUT2D eigenvalue weighted by molar-refractivity contribution is -0.115. The lowest BCUT2D eigenvalue weighted by atomic mass is 10.3. The number of hydrogen-bond donors (Lipinski definition) is 1. The molecule has 1 amide bonds. The van der Waals surface area contributed by atoms with Gasteiger partial charge in [0, 0.05) is 13.1 Å². The van der Waals surface area contributed by atoms with Crippen molar-refractivity contribution in [2.24, 2.45) is 7.05 Å². The molecule has 3 heterocycles. The topological polar surface area (TPSA) is 64.7 Å². The summed E-state index contributed by atoms with van der Waals surface area (Å²) in [6.45, 7) is 1.90. The highest BCUT2D eigenvalue weighted by atomic mass is 32.2. The van der Waals surface area contributed by atoms with Crippen molar-refractivity contribution in [3.8, 4) is 5.95 Å². The van der Waals surface area contributed by atoms with E-state index in [2.05, 4.69) is 15.4 Å². The summed E-state index contributed by atoms with van der Waals surface area (Å²) in [7, 11) is 1.95. The van der Waals surface area contributed by atoms with Crippen LogP contribution in [0.15, 0.2) is 41.8 Å².